The van der Waals surface area contributed by atoms with Crippen LogP contribution >= 0.6 is 11.8 Å². The van der Waals surface area contributed by atoms with Gasteiger partial charge in [-0.05, 0) is 25.0 Å². The highest BCUT2D eigenvalue weighted by Gasteiger charge is 2.56. The van der Waals surface area contributed by atoms with Crippen molar-refractivity contribution in [3.8, 4) is 0 Å². The molecule has 1 aliphatic heterocycles. The lowest BCUT2D eigenvalue weighted by Crippen LogP contribution is -2.11. The minimum absolute atomic E-state index is 0.0727. The van der Waals surface area contributed by atoms with Crippen molar-refractivity contribution in [2.45, 2.75) is 22.6 Å². The van der Waals surface area contributed by atoms with Crippen LogP contribution in [0, 0.1) is 0 Å². The number of Topliss-reactive ketones (excluding diaryl/α,β-unsaturated/α-hetero) is 1. The highest BCUT2D eigenvalue weighted by atomic mass is 32.2. The maximum atomic E-state index is 11.7. The van der Waals surface area contributed by atoms with Crippen molar-refractivity contribution < 1.29 is 4.79 Å². The summed E-state index contributed by atoms with van der Waals surface area (Å²) in [7, 11) is 0. The molecule has 3 rings (SSSR count). The largest absolute Gasteiger partial charge is 0.292 e. The second-order valence-electron chi connectivity index (χ2n) is 3.28. The van der Waals surface area contributed by atoms with Crippen molar-refractivity contribution in [3.63, 3.8) is 0 Å². The van der Waals surface area contributed by atoms with Crippen LogP contribution in [-0.4, -0.2) is 15.5 Å². The van der Waals surface area contributed by atoms with E-state index in [4.69, 9.17) is 0 Å². The molecule has 1 aromatic rings. The van der Waals surface area contributed by atoms with Gasteiger partial charge in [-0.1, -0.05) is 11.8 Å². The van der Waals surface area contributed by atoms with Gasteiger partial charge in [0.1, 0.15) is 5.03 Å². The molecule has 2 heterocycles. The smallest absolute Gasteiger partial charge is 0.182 e. The van der Waals surface area contributed by atoms with Crippen LogP contribution in [0.25, 0.3) is 0 Å². The Kier molecular flexibility index (Phi) is 1.06. The molecule has 60 valence electrons. The summed E-state index contributed by atoms with van der Waals surface area (Å²) in [6, 6.07) is 3.71. The van der Waals surface area contributed by atoms with Gasteiger partial charge in [0.2, 0.25) is 0 Å². The lowest BCUT2D eigenvalue weighted by molar-refractivity contribution is 0.0983. The summed E-state index contributed by atoms with van der Waals surface area (Å²) in [6.07, 6.45) is 3.82. The third-order valence-electron chi connectivity index (χ3n) is 2.43. The lowest BCUT2D eigenvalue weighted by Gasteiger charge is -1.97. The average Bonchev–Trinajstić information content (AvgIpc) is 2.79. The topological polar surface area (TPSA) is 30.0 Å². The molecule has 0 aromatic carbocycles. The van der Waals surface area contributed by atoms with Gasteiger partial charge in [0.15, 0.2) is 5.78 Å². The molecule has 0 atom stereocenters. The van der Waals surface area contributed by atoms with Gasteiger partial charge in [0.05, 0.1) is 10.3 Å². The van der Waals surface area contributed by atoms with Crippen LogP contribution in [0.3, 0.4) is 0 Å². The van der Waals surface area contributed by atoms with Crippen LogP contribution in [0.15, 0.2) is 23.4 Å². The summed E-state index contributed by atoms with van der Waals surface area (Å²) in [5, 5.41) is 0.931. The standard InChI is InChI=1S/C9H7NOS/c11-7-6-2-1-5-10-8(6)12-9(7)3-4-9/h1-2,5H,3-4H2. The summed E-state index contributed by atoms with van der Waals surface area (Å²) >= 11 is 1.65. The third kappa shape index (κ3) is 0.672. The first-order valence-electron chi connectivity index (χ1n) is 4.01. The molecule has 1 saturated carbocycles. The summed E-state index contributed by atoms with van der Waals surface area (Å²) < 4.78 is -0.0727. The molecule has 0 unspecified atom stereocenters. The van der Waals surface area contributed by atoms with E-state index >= 15 is 0 Å². The van der Waals surface area contributed by atoms with Crippen LogP contribution in [0.1, 0.15) is 23.2 Å². The predicted molar refractivity (Wildman–Crippen MR) is 46.4 cm³/mol. The van der Waals surface area contributed by atoms with Crippen molar-refractivity contribution in [1.82, 2.24) is 4.98 Å². The first kappa shape index (κ1) is 6.66. The second-order valence-corrected chi connectivity index (χ2v) is 4.65. The number of aromatic nitrogens is 1. The number of fused-ring (bicyclic) bond motifs is 1. The van der Waals surface area contributed by atoms with E-state index in [2.05, 4.69) is 4.98 Å². The van der Waals surface area contributed by atoms with Gasteiger partial charge in [0, 0.05) is 6.20 Å². The van der Waals surface area contributed by atoms with E-state index in [1.807, 2.05) is 12.1 Å². The highest BCUT2D eigenvalue weighted by Crippen LogP contribution is 2.58. The zero-order chi connectivity index (χ0) is 8.18. The van der Waals surface area contributed by atoms with Gasteiger partial charge in [0.25, 0.3) is 0 Å². The Morgan fingerprint density at radius 3 is 3.00 bits per heavy atom. The number of nitrogens with zero attached hydrogens (tertiary/aromatic N) is 1. The van der Waals surface area contributed by atoms with E-state index in [1.165, 1.54) is 0 Å². The lowest BCUT2D eigenvalue weighted by atomic mass is 10.1. The fourth-order valence-electron chi connectivity index (χ4n) is 1.56. The molecule has 1 aliphatic carbocycles. The van der Waals surface area contributed by atoms with Gasteiger partial charge in [-0.15, -0.1) is 0 Å². The van der Waals surface area contributed by atoms with Gasteiger partial charge >= 0.3 is 0 Å². The Morgan fingerprint density at radius 2 is 2.33 bits per heavy atom. The molecular weight excluding hydrogens is 170 g/mol. The molecule has 12 heavy (non-hydrogen) atoms. The zero-order valence-corrected chi connectivity index (χ0v) is 7.23. The van der Waals surface area contributed by atoms with Gasteiger partial charge in [-0.25, -0.2) is 4.98 Å². The van der Waals surface area contributed by atoms with Crippen LogP contribution in [0.2, 0.25) is 0 Å². The van der Waals surface area contributed by atoms with Crippen molar-refractivity contribution in [3.05, 3.63) is 23.9 Å². The molecule has 2 aliphatic rings. The summed E-state index contributed by atoms with van der Waals surface area (Å²) in [4.78, 5) is 15.9. The van der Waals surface area contributed by atoms with Gasteiger partial charge in [-0.3, -0.25) is 4.79 Å². The maximum Gasteiger partial charge on any atom is 0.182 e. The molecule has 0 saturated heterocycles. The van der Waals surface area contributed by atoms with Crippen LogP contribution in [0.4, 0.5) is 0 Å². The van der Waals surface area contributed by atoms with Crippen LogP contribution < -0.4 is 0 Å². The van der Waals surface area contributed by atoms with E-state index < -0.39 is 0 Å². The fraction of sp³-hybridized carbons (Fsp3) is 0.333. The van der Waals surface area contributed by atoms with E-state index in [9.17, 15) is 4.79 Å². The molecular formula is C9H7NOS. The number of hydrogen-bond acceptors (Lipinski definition) is 3. The molecule has 0 radical (unpaired) electrons. The minimum atomic E-state index is -0.0727. The molecule has 2 nitrogen and oxygen atoms in total. The molecule has 1 aromatic heterocycles. The molecule has 0 bridgehead atoms. The van der Waals surface area contributed by atoms with E-state index in [0.29, 0.717) is 5.78 Å². The molecule has 0 amide bonds. The van der Waals surface area contributed by atoms with Gasteiger partial charge in [-0.2, -0.15) is 0 Å². The average molecular weight is 177 g/mol. The normalized spacial score (nSPS) is 22.8. The summed E-state index contributed by atoms with van der Waals surface area (Å²) in [5.74, 6) is 0.301. The number of carbonyl (C=O) groups is 1. The highest BCUT2D eigenvalue weighted by molar-refractivity contribution is 8.02. The number of thioether (sulfide) groups is 1. The van der Waals surface area contributed by atoms with E-state index in [0.717, 1.165) is 23.4 Å². The fourth-order valence-corrected chi connectivity index (χ4v) is 2.83. The molecule has 3 heteroatoms. The Labute approximate surface area is 74.4 Å². The first-order valence-corrected chi connectivity index (χ1v) is 4.82. The maximum absolute atomic E-state index is 11.7. The Morgan fingerprint density at radius 1 is 1.50 bits per heavy atom. The summed E-state index contributed by atoms with van der Waals surface area (Å²) in [6.45, 7) is 0. The van der Waals surface area contributed by atoms with E-state index in [1.54, 1.807) is 18.0 Å². The monoisotopic (exact) mass is 177 g/mol. The SMILES string of the molecule is O=C1c2cccnc2SC12CC2. The number of hydrogen-bond donors (Lipinski definition) is 0. The van der Waals surface area contributed by atoms with Crippen LogP contribution in [0.5, 0.6) is 0 Å². The minimum Gasteiger partial charge on any atom is -0.292 e. The molecule has 1 spiro atoms. The molecule has 0 N–H and O–H groups in total. The Bertz CT molecular complexity index is 371. The Balaban J connectivity index is 2.19. The van der Waals surface area contributed by atoms with Crippen molar-refractivity contribution in [2.75, 3.05) is 0 Å². The molecule has 1 fully saturated rings. The number of pyridine rings is 1. The Hall–Kier alpha value is -0.830. The third-order valence-corrected chi connectivity index (χ3v) is 3.93. The van der Waals surface area contributed by atoms with Crippen LogP contribution in [-0.2, 0) is 0 Å². The number of carbonyl (C=O) groups excluding carboxylic acids is 1. The van der Waals surface area contributed by atoms with E-state index in [-0.39, 0.29) is 4.75 Å². The quantitative estimate of drug-likeness (QED) is 0.606. The second kappa shape index (κ2) is 1.91. The van der Waals surface area contributed by atoms with Gasteiger partial charge < -0.3 is 0 Å². The number of ketones is 1. The van der Waals surface area contributed by atoms with Crippen molar-refractivity contribution in [2.24, 2.45) is 0 Å². The first-order chi connectivity index (χ1) is 5.82. The number of rotatable bonds is 0. The van der Waals surface area contributed by atoms with Crippen molar-refractivity contribution in [1.29, 1.82) is 0 Å². The van der Waals surface area contributed by atoms with Crippen molar-refractivity contribution >= 4 is 17.5 Å². The zero-order valence-electron chi connectivity index (χ0n) is 6.41. The summed E-state index contributed by atoms with van der Waals surface area (Å²) in [5.41, 5.74) is 0.833. The predicted octanol–water partition coefficient (Wildman–Crippen LogP) is 1.90.